The maximum atomic E-state index is 14.2. The van der Waals surface area contributed by atoms with Crippen molar-refractivity contribution in [2.75, 3.05) is 6.61 Å². The molecule has 1 unspecified atom stereocenters. The van der Waals surface area contributed by atoms with E-state index in [1.54, 1.807) is 13.8 Å². The number of aromatic nitrogens is 3. The van der Waals surface area contributed by atoms with E-state index < -0.39 is 35.9 Å². The zero-order valence-electron chi connectivity index (χ0n) is 13.4. The second kappa shape index (κ2) is 6.03. The van der Waals surface area contributed by atoms with Gasteiger partial charge in [-0.15, -0.1) is 0 Å². The standard InChI is InChI=1S/C15H15F3N4O3/c1-15(2)21(14(23)24)11(6-25-15)8-3-4-9(16)10(5-8)22-13(12(17)18)19-7-20-22/h3-5,7,11-12H,6H2,1-2H3,(H,23,24). The summed E-state index contributed by atoms with van der Waals surface area (Å²) in [5.41, 5.74) is -0.896. The molecule has 134 valence electrons. The molecule has 2 aromatic rings. The third-order valence-electron chi connectivity index (χ3n) is 4.04. The average Bonchev–Trinajstić information content (AvgIpc) is 3.11. The van der Waals surface area contributed by atoms with Crippen molar-refractivity contribution in [3.63, 3.8) is 0 Å². The minimum atomic E-state index is -2.94. The molecule has 1 aliphatic heterocycles. The monoisotopic (exact) mass is 356 g/mol. The summed E-state index contributed by atoms with van der Waals surface area (Å²) in [7, 11) is 0. The van der Waals surface area contributed by atoms with E-state index in [4.69, 9.17) is 4.74 Å². The topological polar surface area (TPSA) is 80.5 Å². The summed E-state index contributed by atoms with van der Waals surface area (Å²) in [4.78, 5) is 16.1. The summed E-state index contributed by atoms with van der Waals surface area (Å²) in [6, 6.07) is 3.04. The summed E-state index contributed by atoms with van der Waals surface area (Å²) >= 11 is 0. The highest BCUT2D eigenvalue weighted by Gasteiger charge is 2.44. The predicted octanol–water partition coefficient (Wildman–Crippen LogP) is 3.13. The number of carboxylic acid groups (broad SMARTS) is 1. The van der Waals surface area contributed by atoms with E-state index in [9.17, 15) is 23.1 Å². The fraction of sp³-hybridized carbons (Fsp3) is 0.400. The van der Waals surface area contributed by atoms with Crippen LogP contribution in [0.2, 0.25) is 0 Å². The molecule has 1 aromatic heterocycles. The molecule has 3 rings (SSSR count). The van der Waals surface area contributed by atoms with Crippen LogP contribution in [0.25, 0.3) is 5.69 Å². The van der Waals surface area contributed by atoms with E-state index >= 15 is 0 Å². The summed E-state index contributed by atoms with van der Waals surface area (Å²) in [5.74, 6) is -1.48. The Morgan fingerprint density at radius 1 is 1.44 bits per heavy atom. The fourth-order valence-corrected chi connectivity index (χ4v) is 2.90. The van der Waals surface area contributed by atoms with Crippen LogP contribution < -0.4 is 0 Å². The highest BCUT2D eigenvalue weighted by Crippen LogP contribution is 2.37. The number of halogens is 3. The molecule has 0 radical (unpaired) electrons. The van der Waals surface area contributed by atoms with Crippen LogP contribution in [0.4, 0.5) is 18.0 Å². The normalized spacial score (nSPS) is 19.6. The van der Waals surface area contributed by atoms with E-state index in [2.05, 4.69) is 10.1 Å². The Hall–Kier alpha value is -2.62. The second-order valence-corrected chi connectivity index (χ2v) is 5.97. The molecule has 0 aliphatic carbocycles. The van der Waals surface area contributed by atoms with Gasteiger partial charge < -0.3 is 9.84 Å². The third kappa shape index (κ3) is 2.93. The second-order valence-electron chi connectivity index (χ2n) is 5.97. The Labute approximate surface area is 140 Å². The largest absolute Gasteiger partial charge is 0.465 e. The summed E-state index contributed by atoms with van der Waals surface area (Å²) in [6.45, 7) is 3.25. The minimum absolute atomic E-state index is 0.0590. The summed E-state index contributed by atoms with van der Waals surface area (Å²) in [5, 5.41) is 13.1. The van der Waals surface area contributed by atoms with Gasteiger partial charge in [0.05, 0.1) is 12.6 Å². The molecule has 2 heterocycles. The van der Waals surface area contributed by atoms with Crippen molar-refractivity contribution in [3.05, 3.63) is 41.7 Å². The number of amides is 1. The quantitative estimate of drug-likeness (QED) is 0.914. The molecule has 7 nitrogen and oxygen atoms in total. The molecule has 1 aromatic carbocycles. The number of benzene rings is 1. The Balaban J connectivity index is 2.06. The van der Waals surface area contributed by atoms with Gasteiger partial charge in [-0.2, -0.15) is 5.10 Å². The molecule has 1 fully saturated rings. The van der Waals surface area contributed by atoms with Gasteiger partial charge in [0.2, 0.25) is 0 Å². The van der Waals surface area contributed by atoms with Crippen molar-refractivity contribution < 1.29 is 27.8 Å². The Bertz CT molecular complexity index is 809. The van der Waals surface area contributed by atoms with Crippen LogP contribution in [0.5, 0.6) is 0 Å². The predicted molar refractivity (Wildman–Crippen MR) is 78.9 cm³/mol. The van der Waals surface area contributed by atoms with Gasteiger partial charge in [-0.3, -0.25) is 4.90 Å². The average molecular weight is 356 g/mol. The van der Waals surface area contributed by atoms with Gasteiger partial charge in [0.1, 0.15) is 23.6 Å². The van der Waals surface area contributed by atoms with Crippen molar-refractivity contribution in [3.8, 4) is 5.69 Å². The molecular formula is C15H15F3N4O3. The zero-order valence-corrected chi connectivity index (χ0v) is 13.4. The molecule has 0 spiro atoms. The van der Waals surface area contributed by atoms with Crippen molar-refractivity contribution in [2.45, 2.75) is 32.0 Å². The molecular weight excluding hydrogens is 341 g/mol. The molecule has 25 heavy (non-hydrogen) atoms. The molecule has 1 amide bonds. The number of carbonyl (C=O) groups is 1. The lowest BCUT2D eigenvalue weighted by Crippen LogP contribution is -2.44. The van der Waals surface area contributed by atoms with Crippen LogP contribution in [-0.4, -0.2) is 43.2 Å². The van der Waals surface area contributed by atoms with Crippen molar-refractivity contribution >= 4 is 6.09 Å². The maximum absolute atomic E-state index is 14.2. The Morgan fingerprint density at radius 2 is 2.16 bits per heavy atom. The summed E-state index contributed by atoms with van der Waals surface area (Å²) < 4.78 is 46.4. The number of alkyl halides is 2. The van der Waals surface area contributed by atoms with E-state index in [0.717, 1.165) is 17.3 Å². The zero-order chi connectivity index (χ0) is 18.4. The van der Waals surface area contributed by atoms with Crippen LogP contribution in [0.1, 0.15) is 37.7 Å². The van der Waals surface area contributed by atoms with Crippen molar-refractivity contribution in [2.24, 2.45) is 0 Å². The lowest BCUT2D eigenvalue weighted by atomic mass is 10.0. The molecule has 0 saturated carbocycles. The summed E-state index contributed by atoms with van der Waals surface area (Å²) in [6.07, 6.45) is -3.24. The van der Waals surface area contributed by atoms with Gasteiger partial charge in [-0.05, 0) is 31.5 Å². The highest BCUT2D eigenvalue weighted by atomic mass is 19.3. The fourth-order valence-electron chi connectivity index (χ4n) is 2.90. The van der Waals surface area contributed by atoms with Crippen LogP contribution in [-0.2, 0) is 4.74 Å². The van der Waals surface area contributed by atoms with Gasteiger partial charge in [0.25, 0.3) is 6.43 Å². The first-order chi connectivity index (χ1) is 11.7. The third-order valence-corrected chi connectivity index (χ3v) is 4.04. The van der Waals surface area contributed by atoms with E-state index in [0.29, 0.717) is 10.2 Å². The lowest BCUT2D eigenvalue weighted by Gasteiger charge is -2.31. The van der Waals surface area contributed by atoms with Gasteiger partial charge in [-0.25, -0.2) is 27.6 Å². The van der Waals surface area contributed by atoms with Crippen LogP contribution in [0.3, 0.4) is 0 Å². The molecule has 10 heteroatoms. The van der Waals surface area contributed by atoms with Crippen molar-refractivity contribution in [1.82, 2.24) is 19.7 Å². The maximum Gasteiger partial charge on any atom is 0.410 e. The SMILES string of the molecule is CC1(C)OCC(c2ccc(F)c(-n3ncnc3C(F)F)c2)N1C(=O)O. The van der Waals surface area contributed by atoms with Gasteiger partial charge in [-0.1, -0.05) is 6.07 Å². The number of hydrogen-bond acceptors (Lipinski definition) is 4. The number of ether oxygens (including phenoxy) is 1. The molecule has 1 aliphatic rings. The molecule has 1 saturated heterocycles. The lowest BCUT2D eigenvalue weighted by molar-refractivity contribution is -0.0420. The first-order valence-electron chi connectivity index (χ1n) is 7.36. The molecule has 1 atom stereocenters. The Morgan fingerprint density at radius 3 is 2.80 bits per heavy atom. The van der Waals surface area contributed by atoms with Crippen LogP contribution in [0, 0.1) is 5.82 Å². The Kier molecular flexibility index (Phi) is 4.15. The highest BCUT2D eigenvalue weighted by molar-refractivity contribution is 5.67. The van der Waals surface area contributed by atoms with Crippen LogP contribution >= 0.6 is 0 Å². The van der Waals surface area contributed by atoms with E-state index in [1.807, 2.05) is 0 Å². The van der Waals surface area contributed by atoms with Gasteiger partial charge in [0.15, 0.2) is 5.82 Å². The minimum Gasteiger partial charge on any atom is -0.465 e. The first-order valence-corrected chi connectivity index (χ1v) is 7.36. The van der Waals surface area contributed by atoms with Gasteiger partial charge in [0, 0.05) is 0 Å². The smallest absolute Gasteiger partial charge is 0.410 e. The molecule has 1 N–H and O–H groups in total. The first kappa shape index (κ1) is 17.2. The van der Waals surface area contributed by atoms with Gasteiger partial charge >= 0.3 is 6.09 Å². The number of rotatable bonds is 3. The van der Waals surface area contributed by atoms with Crippen molar-refractivity contribution in [1.29, 1.82) is 0 Å². The van der Waals surface area contributed by atoms with E-state index in [1.165, 1.54) is 12.1 Å². The van der Waals surface area contributed by atoms with E-state index in [-0.39, 0.29) is 12.3 Å². The molecule has 0 bridgehead atoms. The number of nitrogens with zero attached hydrogens (tertiary/aromatic N) is 4. The number of hydrogen-bond donors (Lipinski definition) is 1. The van der Waals surface area contributed by atoms with Crippen LogP contribution in [0.15, 0.2) is 24.5 Å².